The molecule has 0 bridgehead atoms. The molecule has 4 atom stereocenters. The Morgan fingerprint density at radius 2 is 2.07 bits per heavy atom. The van der Waals surface area contributed by atoms with Crippen LogP contribution in [0.15, 0.2) is 0 Å². The molecule has 2 aliphatic rings. The number of aliphatic hydroxyl groups is 1. The maximum atomic E-state index is 10.8. The van der Waals surface area contributed by atoms with Gasteiger partial charge in [0.1, 0.15) is 0 Å². The number of rotatable bonds is 2. The summed E-state index contributed by atoms with van der Waals surface area (Å²) in [7, 11) is 0. The smallest absolute Gasteiger partial charge is 0.0778 e. The van der Waals surface area contributed by atoms with Crippen LogP contribution in [0.25, 0.3) is 0 Å². The van der Waals surface area contributed by atoms with E-state index in [0.717, 1.165) is 18.1 Å². The molecule has 1 N–H and O–H groups in total. The Balaban J connectivity index is 2.06. The predicted molar refractivity (Wildman–Crippen MR) is 67.2 cm³/mol. The standard InChI is InChI=1S/C13H24OS/c1-3-11-6-4-5-7-12(11)13(14)8-10(2)15-9-13/h10-12,14H,3-9H2,1-2H3. The van der Waals surface area contributed by atoms with Crippen LogP contribution in [0, 0.1) is 11.8 Å². The number of hydrogen-bond donors (Lipinski definition) is 1. The zero-order valence-corrected chi connectivity index (χ0v) is 10.9. The second-order valence-corrected chi connectivity index (χ2v) is 6.92. The SMILES string of the molecule is CCC1CCCCC1C1(O)CSC(C)C1. The molecule has 0 aromatic carbocycles. The fourth-order valence-electron chi connectivity index (χ4n) is 3.56. The molecule has 0 aromatic rings. The van der Waals surface area contributed by atoms with Crippen molar-refractivity contribution in [1.82, 2.24) is 0 Å². The third-order valence-corrected chi connectivity index (χ3v) is 5.78. The van der Waals surface area contributed by atoms with Crippen molar-refractivity contribution in [2.24, 2.45) is 11.8 Å². The molecule has 1 nitrogen and oxygen atoms in total. The van der Waals surface area contributed by atoms with E-state index in [2.05, 4.69) is 13.8 Å². The molecule has 2 heteroatoms. The normalized spacial score (nSPS) is 47.0. The van der Waals surface area contributed by atoms with Gasteiger partial charge in [0.2, 0.25) is 0 Å². The van der Waals surface area contributed by atoms with Gasteiger partial charge in [-0.05, 0) is 24.7 Å². The van der Waals surface area contributed by atoms with Crippen LogP contribution in [0.1, 0.15) is 52.4 Å². The highest BCUT2D eigenvalue weighted by molar-refractivity contribution is 8.00. The van der Waals surface area contributed by atoms with Gasteiger partial charge in [0.25, 0.3) is 0 Å². The summed E-state index contributed by atoms with van der Waals surface area (Å²) in [5.41, 5.74) is -0.328. The molecule has 88 valence electrons. The third-order valence-electron chi connectivity index (χ3n) is 4.38. The number of thioether (sulfide) groups is 1. The van der Waals surface area contributed by atoms with Gasteiger partial charge in [-0.3, -0.25) is 0 Å². The highest BCUT2D eigenvalue weighted by Gasteiger charge is 2.45. The van der Waals surface area contributed by atoms with Gasteiger partial charge in [0, 0.05) is 11.0 Å². The lowest BCUT2D eigenvalue weighted by atomic mass is 9.68. The first-order valence-electron chi connectivity index (χ1n) is 6.49. The summed E-state index contributed by atoms with van der Waals surface area (Å²) >= 11 is 1.96. The van der Waals surface area contributed by atoms with Gasteiger partial charge in [-0.25, -0.2) is 0 Å². The fourth-order valence-corrected chi connectivity index (χ4v) is 4.88. The predicted octanol–water partition coefficient (Wildman–Crippen LogP) is 3.46. The van der Waals surface area contributed by atoms with Crippen LogP contribution in [0.2, 0.25) is 0 Å². The van der Waals surface area contributed by atoms with Crippen LogP contribution in [0.3, 0.4) is 0 Å². The zero-order valence-electron chi connectivity index (χ0n) is 10.0. The molecule has 0 spiro atoms. The summed E-state index contributed by atoms with van der Waals surface area (Å²) in [6.07, 6.45) is 7.62. The molecule has 1 saturated heterocycles. The minimum absolute atomic E-state index is 0.328. The Hall–Kier alpha value is 0.310. The maximum absolute atomic E-state index is 10.8. The molecular formula is C13H24OS. The minimum atomic E-state index is -0.328. The summed E-state index contributed by atoms with van der Waals surface area (Å²) in [6.45, 7) is 4.55. The molecule has 1 saturated carbocycles. The second kappa shape index (κ2) is 4.67. The van der Waals surface area contributed by atoms with Crippen molar-refractivity contribution in [3.05, 3.63) is 0 Å². The molecule has 1 aliphatic heterocycles. The van der Waals surface area contributed by atoms with Crippen LogP contribution in [-0.4, -0.2) is 21.7 Å². The molecule has 0 amide bonds. The second-order valence-electron chi connectivity index (χ2n) is 5.49. The van der Waals surface area contributed by atoms with E-state index in [1.54, 1.807) is 0 Å². The largest absolute Gasteiger partial charge is 0.389 e. The first-order valence-corrected chi connectivity index (χ1v) is 7.54. The molecule has 15 heavy (non-hydrogen) atoms. The first kappa shape index (κ1) is 11.8. The fraction of sp³-hybridized carbons (Fsp3) is 1.00. The molecule has 2 fully saturated rings. The van der Waals surface area contributed by atoms with Gasteiger partial charge in [0.05, 0.1) is 5.60 Å². The van der Waals surface area contributed by atoms with Crippen molar-refractivity contribution in [2.45, 2.75) is 63.2 Å². The lowest BCUT2D eigenvalue weighted by Gasteiger charge is -2.40. The van der Waals surface area contributed by atoms with E-state index in [1.165, 1.54) is 32.1 Å². The molecule has 4 unspecified atom stereocenters. The van der Waals surface area contributed by atoms with E-state index in [-0.39, 0.29) is 5.60 Å². The summed E-state index contributed by atoms with van der Waals surface area (Å²) in [6, 6.07) is 0. The lowest BCUT2D eigenvalue weighted by molar-refractivity contribution is -0.0397. The van der Waals surface area contributed by atoms with Crippen LogP contribution >= 0.6 is 11.8 Å². The van der Waals surface area contributed by atoms with Gasteiger partial charge < -0.3 is 5.11 Å². The highest BCUT2D eigenvalue weighted by atomic mass is 32.2. The lowest BCUT2D eigenvalue weighted by Crippen LogP contribution is -2.43. The van der Waals surface area contributed by atoms with Gasteiger partial charge in [-0.2, -0.15) is 11.8 Å². The van der Waals surface area contributed by atoms with Gasteiger partial charge in [-0.1, -0.05) is 39.5 Å². The van der Waals surface area contributed by atoms with Crippen molar-refractivity contribution >= 4 is 11.8 Å². The molecule has 2 rings (SSSR count). The van der Waals surface area contributed by atoms with Crippen LogP contribution in [0.5, 0.6) is 0 Å². The van der Waals surface area contributed by atoms with Crippen molar-refractivity contribution < 1.29 is 5.11 Å². The van der Waals surface area contributed by atoms with Gasteiger partial charge in [0.15, 0.2) is 0 Å². The third kappa shape index (κ3) is 2.36. The van der Waals surface area contributed by atoms with Crippen LogP contribution < -0.4 is 0 Å². The molecular weight excluding hydrogens is 204 g/mol. The molecule has 1 aliphatic carbocycles. The van der Waals surface area contributed by atoms with Gasteiger partial charge >= 0.3 is 0 Å². The molecule has 0 aromatic heterocycles. The quantitative estimate of drug-likeness (QED) is 0.781. The number of hydrogen-bond acceptors (Lipinski definition) is 2. The van der Waals surface area contributed by atoms with E-state index >= 15 is 0 Å². The van der Waals surface area contributed by atoms with E-state index in [4.69, 9.17) is 0 Å². The average molecular weight is 228 g/mol. The monoisotopic (exact) mass is 228 g/mol. The van der Waals surface area contributed by atoms with Crippen LogP contribution in [-0.2, 0) is 0 Å². The molecule has 0 radical (unpaired) electrons. The van der Waals surface area contributed by atoms with Crippen molar-refractivity contribution in [1.29, 1.82) is 0 Å². The topological polar surface area (TPSA) is 20.2 Å². The van der Waals surface area contributed by atoms with E-state index in [0.29, 0.717) is 11.2 Å². The average Bonchev–Trinajstić information content (AvgIpc) is 2.60. The highest BCUT2D eigenvalue weighted by Crippen LogP contribution is 2.47. The van der Waals surface area contributed by atoms with Crippen molar-refractivity contribution in [2.75, 3.05) is 5.75 Å². The summed E-state index contributed by atoms with van der Waals surface area (Å²) in [5.74, 6) is 2.36. The van der Waals surface area contributed by atoms with Gasteiger partial charge in [-0.15, -0.1) is 0 Å². The Kier molecular flexibility index (Phi) is 3.67. The summed E-state index contributed by atoms with van der Waals surface area (Å²) < 4.78 is 0. The van der Waals surface area contributed by atoms with E-state index in [9.17, 15) is 5.11 Å². The Labute approximate surface area is 98.0 Å². The summed E-state index contributed by atoms with van der Waals surface area (Å²) in [5, 5.41) is 11.4. The summed E-state index contributed by atoms with van der Waals surface area (Å²) in [4.78, 5) is 0. The molecule has 1 heterocycles. The van der Waals surface area contributed by atoms with Crippen LogP contribution in [0.4, 0.5) is 0 Å². The maximum Gasteiger partial charge on any atom is 0.0778 e. The minimum Gasteiger partial charge on any atom is -0.389 e. The Morgan fingerprint density at radius 3 is 2.67 bits per heavy atom. The first-order chi connectivity index (χ1) is 7.15. The Bertz CT molecular complexity index is 219. The van der Waals surface area contributed by atoms with Crippen molar-refractivity contribution in [3.63, 3.8) is 0 Å². The zero-order chi connectivity index (χ0) is 10.9. The Morgan fingerprint density at radius 1 is 1.33 bits per heavy atom. The van der Waals surface area contributed by atoms with E-state index < -0.39 is 0 Å². The van der Waals surface area contributed by atoms with E-state index in [1.807, 2.05) is 11.8 Å². The van der Waals surface area contributed by atoms with Crippen molar-refractivity contribution in [3.8, 4) is 0 Å².